The molecule has 0 aliphatic carbocycles. The van der Waals surface area contributed by atoms with E-state index in [2.05, 4.69) is 5.32 Å². The zero-order chi connectivity index (χ0) is 30.0. The Morgan fingerprint density at radius 2 is 1.63 bits per heavy atom. The highest BCUT2D eigenvalue weighted by atomic mass is 32.2. The summed E-state index contributed by atoms with van der Waals surface area (Å²) in [6.07, 6.45) is 3.08. The normalized spacial score (nSPS) is 11.9. The van der Waals surface area contributed by atoms with Crippen molar-refractivity contribution in [1.82, 2.24) is 10.2 Å². The van der Waals surface area contributed by atoms with Crippen LogP contribution in [0.3, 0.4) is 0 Å². The van der Waals surface area contributed by atoms with Crippen molar-refractivity contribution < 1.29 is 22.7 Å². The van der Waals surface area contributed by atoms with Crippen molar-refractivity contribution in [1.29, 1.82) is 0 Å². The monoisotopic (exact) mass is 579 g/mol. The fourth-order valence-corrected chi connectivity index (χ4v) is 5.36. The molecule has 3 aromatic rings. The molecule has 0 spiro atoms. The van der Waals surface area contributed by atoms with Gasteiger partial charge in [-0.2, -0.15) is 0 Å². The van der Waals surface area contributed by atoms with Crippen LogP contribution < -0.4 is 14.4 Å². The minimum Gasteiger partial charge on any atom is -0.497 e. The lowest BCUT2D eigenvalue weighted by Crippen LogP contribution is -2.53. The molecular weight excluding hydrogens is 538 g/mol. The fraction of sp³-hybridized carbons (Fsp3) is 0.375. The Labute approximate surface area is 244 Å². The standard InChI is InChI=1S/C32H41N3O5S/c1-6-7-18-33-32(37)30(21-26-12-9-8-10-13-26)34(22-27-14-11-15-29(20-27)40-4)31(36)23-35(41(5,38)39)28-17-16-24(2)25(3)19-28/h8-17,19-20,30H,6-7,18,21-23H2,1-5H3,(H,33,37)/t30-/m1/s1. The third-order valence-corrected chi connectivity index (χ3v) is 8.19. The second-order valence-electron chi connectivity index (χ2n) is 10.3. The van der Waals surface area contributed by atoms with E-state index >= 15 is 0 Å². The molecule has 2 amide bonds. The Morgan fingerprint density at radius 3 is 2.27 bits per heavy atom. The molecule has 9 heteroatoms. The van der Waals surface area contributed by atoms with Crippen molar-refractivity contribution in [2.45, 2.75) is 52.6 Å². The number of unbranched alkanes of at least 4 members (excludes halogenated alkanes) is 1. The number of hydrogen-bond donors (Lipinski definition) is 1. The summed E-state index contributed by atoms with van der Waals surface area (Å²) in [6, 6.07) is 21.2. The third-order valence-electron chi connectivity index (χ3n) is 7.05. The van der Waals surface area contributed by atoms with E-state index in [1.54, 1.807) is 25.3 Å². The summed E-state index contributed by atoms with van der Waals surface area (Å²) < 4.78 is 32.4. The molecule has 3 rings (SSSR count). The summed E-state index contributed by atoms with van der Waals surface area (Å²) in [5, 5.41) is 2.99. The summed E-state index contributed by atoms with van der Waals surface area (Å²) in [5.41, 5.74) is 3.97. The maximum atomic E-state index is 14.2. The molecule has 0 heterocycles. The molecule has 0 fully saturated rings. The summed E-state index contributed by atoms with van der Waals surface area (Å²) in [4.78, 5) is 29.3. The number of aryl methyl sites for hydroxylation is 2. The van der Waals surface area contributed by atoms with E-state index in [1.807, 2.05) is 75.4 Å². The zero-order valence-corrected chi connectivity index (χ0v) is 25.4. The van der Waals surface area contributed by atoms with E-state index in [9.17, 15) is 18.0 Å². The van der Waals surface area contributed by atoms with Crippen LogP contribution in [0.4, 0.5) is 5.69 Å². The Kier molecular flexibility index (Phi) is 11.3. The first-order chi connectivity index (χ1) is 19.5. The average molecular weight is 580 g/mol. The van der Waals surface area contributed by atoms with Crippen molar-refractivity contribution in [3.8, 4) is 5.75 Å². The summed E-state index contributed by atoms with van der Waals surface area (Å²) in [5.74, 6) is -0.145. The van der Waals surface area contributed by atoms with Crippen molar-refractivity contribution >= 4 is 27.5 Å². The predicted molar refractivity (Wildman–Crippen MR) is 164 cm³/mol. The van der Waals surface area contributed by atoms with Crippen LogP contribution in [0.2, 0.25) is 0 Å². The number of ether oxygens (including phenoxy) is 1. The SMILES string of the molecule is CCCCNC(=O)[C@@H](Cc1ccccc1)N(Cc1cccc(OC)c1)C(=O)CN(c1ccc(C)c(C)c1)S(C)(=O)=O. The van der Waals surface area contributed by atoms with Gasteiger partial charge < -0.3 is 15.0 Å². The van der Waals surface area contributed by atoms with Gasteiger partial charge >= 0.3 is 0 Å². The van der Waals surface area contributed by atoms with E-state index < -0.39 is 28.5 Å². The van der Waals surface area contributed by atoms with Gasteiger partial charge in [-0.25, -0.2) is 8.42 Å². The van der Waals surface area contributed by atoms with Crippen LogP contribution in [0.1, 0.15) is 42.0 Å². The van der Waals surface area contributed by atoms with Crippen molar-refractivity contribution in [2.75, 3.05) is 30.8 Å². The maximum Gasteiger partial charge on any atom is 0.244 e. The molecule has 0 aliphatic rings. The van der Waals surface area contributed by atoms with Crippen LogP contribution in [0.25, 0.3) is 0 Å². The van der Waals surface area contributed by atoms with Crippen LogP contribution >= 0.6 is 0 Å². The van der Waals surface area contributed by atoms with Gasteiger partial charge in [0.25, 0.3) is 0 Å². The number of carbonyl (C=O) groups is 2. The van der Waals surface area contributed by atoms with Crippen molar-refractivity contribution in [3.63, 3.8) is 0 Å². The van der Waals surface area contributed by atoms with Crippen molar-refractivity contribution in [3.05, 3.63) is 95.1 Å². The molecule has 1 atom stereocenters. The fourth-order valence-electron chi connectivity index (χ4n) is 4.52. The number of sulfonamides is 1. The molecule has 0 unspecified atom stereocenters. The van der Waals surface area contributed by atoms with Gasteiger partial charge in [0.1, 0.15) is 18.3 Å². The third kappa shape index (κ3) is 9.08. The molecule has 41 heavy (non-hydrogen) atoms. The Balaban J connectivity index is 2.06. The number of methoxy groups -OCH3 is 1. The van der Waals surface area contributed by atoms with E-state index in [1.165, 1.54) is 4.90 Å². The number of benzene rings is 3. The van der Waals surface area contributed by atoms with E-state index in [0.29, 0.717) is 18.0 Å². The smallest absolute Gasteiger partial charge is 0.244 e. The summed E-state index contributed by atoms with van der Waals surface area (Å²) in [6.45, 7) is 6.01. The van der Waals surface area contributed by atoms with Crippen LogP contribution in [0.15, 0.2) is 72.8 Å². The highest BCUT2D eigenvalue weighted by Gasteiger charge is 2.33. The molecule has 0 radical (unpaired) electrons. The van der Waals surface area contributed by atoms with Crippen LogP contribution in [0.5, 0.6) is 5.75 Å². The second kappa shape index (κ2) is 14.7. The topological polar surface area (TPSA) is 96.0 Å². The molecule has 220 valence electrons. The number of rotatable bonds is 14. The van der Waals surface area contributed by atoms with Gasteiger partial charge in [-0.15, -0.1) is 0 Å². The van der Waals surface area contributed by atoms with Gasteiger partial charge in [-0.3, -0.25) is 13.9 Å². The average Bonchev–Trinajstić information content (AvgIpc) is 2.95. The predicted octanol–water partition coefficient (Wildman–Crippen LogP) is 4.63. The minimum absolute atomic E-state index is 0.0965. The second-order valence-corrected chi connectivity index (χ2v) is 12.2. The highest BCUT2D eigenvalue weighted by Crippen LogP contribution is 2.23. The highest BCUT2D eigenvalue weighted by molar-refractivity contribution is 7.92. The van der Waals surface area contributed by atoms with Crippen molar-refractivity contribution in [2.24, 2.45) is 0 Å². The Hall–Kier alpha value is -3.85. The maximum absolute atomic E-state index is 14.2. The first kappa shape index (κ1) is 31.7. The van der Waals surface area contributed by atoms with Crippen LogP contribution in [-0.2, 0) is 32.6 Å². The Morgan fingerprint density at radius 1 is 0.927 bits per heavy atom. The van der Waals surface area contributed by atoms with Gasteiger partial charge in [0, 0.05) is 19.5 Å². The van der Waals surface area contributed by atoms with E-state index in [4.69, 9.17) is 4.74 Å². The number of nitrogens with zero attached hydrogens (tertiary/aromatic N) is 2. The molecule has 0 saturated heterocycles. The van der Waals surface area contributed by atoms with E-state index in [-0.39, 0.29) is 18.9 Å². The lowest BCUT2D eigenvalue weighted by atomic mass is 10.0. The van der Waals surface area contributed by atoms with Gasteiger partial charge in [0.05, 0.1) is 19.1 Å². The molecule has 0 saturated carbocycles. The largest absolute Gasteiger partial charge is 0.497 e. The van der Waals surface area contributed by atoms with Gasteiger partial charge in [0.2, 0.25) is 21.8 Å². The first-order valence-electron chi connectivity index (χ1n) is 13.8. The quantitative estimate of drug-likeness (QED) is 0.281. The molecule has 0 aromatic heterocycles. The minimum atomic E-state index is -3.82. The summed E-state index contributed by atoms with van der Waals surface area (Å²) >= 11 is 0. The molecule has 8 nitrogen and oxygen atoms in total. The first-order valence-corrected chi connectivity index (χ1v) is 15.7. The zero-order valence-electron chi connectivity index (χ0n) is 24.6. The lowest BCUT2D eigenvalue weighted by Gasteiger charge is -2.33. The molecule has 0 bridgehead atoms. The number of amides is 2. The van der Waals surface area contributed by atoms with Crippen LogP contribution in [0, 0.1) is 13.8 Å². The van der Waals surface area contributed by atoms with Gasteiger partial charge in [0.15, 0.2) is 0 Å². The number of carbonyl (C=O) groups excluding carboxylic acids is 2. The molecule has 1 N–H and O–H groups in total. The van der Waals surface area contributed by atoms with Crippen LogP contribution in [-0.4, -0.2) is 57.6 Å². The molecule has 0 aliphatic heterocycles. The Bertz CT molecular complexity index is 1430. The molecule has 3 aromatic carbocycles. The van der Waals surface area contributed by atoms with Gasteiger partial charge in [-0.1, -0.05) is 61.9 Å². The number of nitrogens with one attached hydrogen (secondary N) is 1. The van der Waals surface area contributed by atoms with Gasteiger partial charge in [-0.05, 0) is 66.8 Å². The lowest BCUT2D eigenvalue weighted by molar-refractivity contribution is -0.140. The number of anilines is 1. The molecular formula is C32H41N3O5S. The van der Waals surface area contributed by atoms with E-state index in [0.717, 1.165) is 45.7 Å². The number of hydrogen-bond acceptors (Lipinski definition) is 5. The summed E-state index contributed by atoms with van der Waals surface area (Å²) in [7, 11) is -2.25.